The predicted octanol–water partition coefficient (Wildman–Crippen LogP) is 3.09. The third-order valence-corrected chi connectivity index (χ3v) is 5.26. The Morgan fingerprint density at radius 1 is 1.12 bits per heavy atom. The molecular formula is C14H16N2O. The zero-order valence-electron chi connectivity index (χ0n) is 9.80. The van der Waals surface area contributed by atoms with Crippen LogP contribution in [0.3, 0.4) is 0 Å². The minimum atomic E-state index is 0.510. The molecule has 0 amide bonds. The molecule has 1 aromatic heterocycles. The Hall–Kier alpha value is -1.30. The van der Waals surface area contributed by atoms with Gasteiger partial charge in [0.05, 0.1) is 0 Å². The maximum absolute atomic E-state index is 9.11. The van der Waals surface area contributed by atoms with Crippen LogP contribution in [0.25, 0.3) is 0 Å². The van der Waals surface area contributed by atoms with Gasteiger partial charge in [-0.1, -0.05) is 5.16 Å². The zero-order valence-corrected chi connectivity index (χ0v) is 9.80. The van der Waals surface area contributed by atoms with Crippen LogP contribution in [0.4, 0.5) is 0 Å². The summed E-state index contributed by atoms with van der Waals surface area (Å²) >= 11 is 0. The number of hydrogen-bond acceptors (Lipinski definition) is 3. The lowest BCUT2D eigenvalue weighted by atomic mass is 9.51. The Labute approximate surface area is 101 Å². The van der Waals surface area contributed by atoms with Gasteiger partial charge in [0.25, 0.3) is 0 Å². The Morgan fingerprint density at radius 2 is 1.76 bits per heavy atom. The Balaban J connectivity index is 1.73. The molecule has 4 fully saturated rings. The molecule has 3 heteroatoms. The molecule has 0 spiro atoms. The van der Waals surface area contributed by atoms with Crippen molar-refractivity contribution < 1.29 is 4.52 Å². The number of nitrogens with zero attached hydrogens (tertiary/aromatic N) is 2. The molecule has 88 valence electrons. The van der Waals surface area contributed by atoms with Crippen LogP contribution < -0.4 is 0 Å². The monoisotopic (exact) mass is 228 g/mol. The van der Waals surface area contributed by atoms with E-state index in [-0.39, 0.29) is 0 Å². The van der Waals surface area contributed by atoms with Gasteiger partial charge in [-0.2, -0.15) is 5.26 Å². The molecule has 5 rings (SSSR count). The maximum atomic E-state index is 9.11. The fourth-order valence-electron chi connectivity index (χ4n) is 4.94. The lowest BCUT2D eigenvalue weighted by Gasteiger charge is -2.53. The van der Waals surface area contributed by atoms with E-state index >= 15 is 0 Å². The molecule has 4 aliphatic rings. The van der Waals surface area contributed by atoms with Crippen LogP contribution in [0, 0.1) is 35.0 Å². The molecule has 0 radical (unpaired) electrons. The highest BCUT2D eigenvalue weighted by atomic mass is 16.5. The van der Waals surface area contributed by atoms with Crippen molar-refractivity contribution in [2.24, 2.45) is 23.7 Å². The normalized spacial score (nSPS) is 42.6. The summed E-state index contributed by atoms with van der Waals surface area (Å²) in [7, 11) is 0. The third-order valence-electron chi connectivity index (χ3n) is 5.26. The molecule has 0 atom stereocenters. The van der Waals surface area contributed by atoms with Gasteiger partial charge in [-0.05, 0) is 55.8 Å². The van der Waals surface area contributed by atoms with E-state index in [0.29, 0.717) is 11.5 Å². The minimum absolute atomic E-state index is 0.510. The van der Waals surface area contributed by atoms with Gasteiger partial charge in [-0.25, -0.2) is 0 Å². The van der Waals surface area contributed by atoms with Crippen LogP contribution in [-0.2, 0) is 0 Å². The van der Waals surface area contributed by atoms with E-state index in [1.807, 2.05) is 0 Å². The summed E-state index contributed by atoms with van der Waals surface area (Å²) < 4.78 is 5.02. The van der Waals surface area contributed by atoms with Crippen molar-refractivity contribution in [1.29, 1.82) is 5.26 Å². The number of rotatable bonds is 1. The van der Waals surface area contributed by atoms with E-state index in [1.165, 1.54) is 38.4 Å². The van der Waals surface area contributed by atoms with Gasteiger partial charge in [0.2, 0.25) is 0 Å². The molecular weight excluding hydrogens is 212 g/mol. The van der Waals surface area contributed by atoms with Crippen LogP contribution in [-0.4, -0.2) is 5.16 Å². The summed E-state index contributed by atoms with van der Waals surface area (Å²) in [6, 6.07) is 2.23. The standard InChI is InChI=1S/C14H16N2O/c15-6-12-7-17-16-14(12)13-10-2-8-1-9(4-10)5-11(13)3-8/h7-11,13H,1-5H2. The first-order valence-corrected chi connectivity index (χ1v) is 6.69. The molecule has 1 aromatic rings. The Morgan fingerprint density at radius 3 is 2.35 bits per heavy atom. The highest BCUT2D eigenvalue weighted by Crippen LogP contribution is 2.59. The molecule has 0 unspecified atom stereocenters. The van der Waals surface area contributed by atoms with Gasteiger partial charge in [0.1, 0.15) is 23.6 Å². The summed E-state index contributed by atoms with van der Waals surface area (Å²) in [6.45, 7) is 0. The van der Waals surface area contributed by atoms with Crippen molar-refractivity contribution in [3.05, 3.63) is 17.5 Å². The van der Waals surface area contributed by atoms with Gasteiger partial charge in [-0.15, -0.1) is 0 Å². The van der Waals surface area contributed by atoms with Gasteiger partial charge in [0, 0.05) is 5.92 Å². The summed E-state index contributed by atoms with van der Waals surface area (Å²) in [6.07, 6.45) is 8.40. The van der Waals surface area contributed by atoms with Crippen molar-refractivity contribution >= 4 is 0 Å². The summed E-state index contributed by atoms with van der Waals surface area (Å²) in [5.41, 5.74) is 1.63. The van der Waals surface area contributed by atoms with Crippen molar-refractivity contribution in [3.63, 3.8) is 0 Å². The maximum Gasteiger partial charge on any atom is 0.141 e. The van der Waals surface area contributed by atoms with Crippen molar-refractivity contribution in [2.45, 2.75) is 38.0 Å². The van der Waals surface area contributed by atoms with E-state index < -0.39 is 0 Å². The van der Waals surface area contributed by atoms with Crippen molar-refractivity contribution in [1.82, 2.24) is 5.16 Å². The third kappa shape index (κ3) is 1.30. The first-order chi connectivity index (χ1) is 8.35. The van der Waals surface area contributed by atoms with E-state index in [0.717, 1.165) is 29.4 Å². The van der Waals surface area contributed by atoms with E-state index in [4.69, 9.17) is 9.78 Å². The molecule has 1 heterocycles. The molecule has 0 saturated heterocycles. The smallest absolute Gasteiger partial charge is 0.141 e. The van der Waals surface area contributed by atoms with Crippen LogP contribution in [0.15, 0.2) is 10.8 Å². The quantitative estimate of drug-likeness (QED) is 0.742. The van der Waals surface area contributed by atoms with E-state index in [9.17, 15) is 0 Å². The van der Waals surface area contributed by atoms with Gasteiger partial charge < -0.3 is 4.52 Å². The molecule has 0 aliphatic heterocycles. The largest absolute Gasteiger partial charge is 0.363 e. The first-order valence-electron chi connectivity index (χ1n) is 6.69. The molecule has 17 heavy (non-hydrogen) atoms. The average Bonchev–Trinajstić information content (AvgIpc) is 2.75. The van der Waals surface area contributed by atoms with E-state index in [2.05, 4.69) is 11.2 Å². The zero-order chi connectivity index (χ0) is 11.4. The fourth-order valence-corrected chi connectivity index (χ4v) is 4.94. The highest BCUT2D eigenvalue weighted by Gasteiger charge is 2.50. The Kier molecular flexibility index (Phi) is 1.91. The predicted molar refractivity (Wildman–Crippen MR) is 61.0 cm³/mol. The van der Waals surface area contributed by atoms with Gasteiger partial charge >= 0.3 is 0 Å². The second kappa shape index (κ2) is 3.35. The Bertz CT molecular complexity index is 457. The van der Waals surface area contributed by atoms with Crippen molar-refractivity contribution in [3.8, 4) is 6.07 Å². The summed E-state index contributed by atoms with van der Waals surface area (Å²) in [4.78, 5) is 0. The molecule has 0 N–H and O–H groups in total. The molecule has 4 aliphatic carbocycles. The molecule has 0 aromatic carbocycles. The SMILES string of the molecule is N#Cc1conc1C1C2CC3CC(C2)CC1C3. The van der Waals surface area contributed by atoms with Crippen LogP contribution >= 0.6 is 0 Å². The number of nitriles is 1. The number of hydrogen-bond donors (Lipinski definition) is 0. The second-order valence-electron chi connectivity index (χ2n) is 6.18. The minimum Gasteiger partial charge on any atom is -0.363 e. The molecule has 4 saturated carbocycles. The summed E-state index contributed by atoms with van der Waals surface area (Å²) in [5, 5.41) is 13.2. The average molecular weight is 228 g/mol. The second-order valence-corrected chi connectivity index (χ2v) is 6.18. The lowest BCUT2D eigenvalue weighted by Crippen LogP contribution is -2.44. The number of aromatic nitrogens is 1. The van der Waals surface area contributed by atoms with Gasteiger partial charge in [-0.3, -0.25) is 0 Å². The van der Waals surface area contributed by atoms with E-state index in [1.54, 1.807) is 0 Å². The molecule has 4 bridgehead atoms. The van der Waals surface area contributed by atoms with Crippen LogP contribution in [0.5, 0.6) is 0 Å². The van der Waals surface area contributed by atoms with Gasteiger partial charge in [0.15, 0.2) is 0 Å². The lowest BCUT2D eigenvalue weighted by molar-refractivity contribution is -0.00512. The molecule has 3 nitrogen and oxygen atoms in total. The van der Waals surface area contributed by atoms with Crippen molar-refractivity contribution in [2.75, 3.05) is 0 Å². The summed E-state index contributed by atoms with van der Waals surface area (Å²) in [5.74, 6) is 3.97. The van der Waals surface area contributed by atoms with Crippen LogP contribution in [0.2, 0.25) is 0 Å². The van der Waals surface area contributed by atoms with Crippen LogP contribution in [0.1, 0.15) is 49.3 Å². The highest BCUT2D eigenvalue weighted by molar-refractivity contribution is 5.33. The fraction of sp³-hybridized carbons (Fsp3) is 0.714. The topological polar surface area (TPSA) is 49.8 Å². The first kappa shape index (κ1) is 9.70.